The molecule has 0 aromatic heterocycles. The summed E-state index contributed by atoms with van der Waals surface area (Å²) in [6.45, 7) is 1.44. The molecule has 0 saturated heterocycles. The Labute approximate surface area is 157 Å². The molecule has 6 nitrogen and oxygen atoms in total. The lowest BCUT2D eigenvalue weighted by atomic mass is 9.93. The topological polar surface area (TPSA) is 86.7 Å². The second kappa shape index (κ2) is 7.86. The first-order valence-corrected chi connectivity index (χ1v) is 8.60. The summed E-state index contributed by atoms with van der Waals surface area (Å²) in [6.07, 6.45) is 3.46. The van der Waals surface area contributed by atoms with Crippen LogP contribution in [0, 0.1) is 0 Å². The van der Waals surface area contributed by atoms with Crippen molar-refractivity contribution in [3.8, 4) is 0 Å². The van der Waals surface area contributed by atoms with Gasteiger partial charge < -0.3 is 15.3 Å². The zero-order valence-electron chi connectivity index (χ0n) is 14.8. The number of carboxylic acids is 1. The fourth-order valence-electron chi connectivity index (χ4n) is 3.24. The van der Waals surface area contributed by atoms with Gasteiger partial charge in [0.05, 0.1) is 12.5 Å². The van der Waals surface area contributed by atoms with Gasteiger partial charge in [-0.15, -0.1) is 0 Å². The molecule has 2 aromatic carbocycles. The van der Waals surface area contributed by atoms with Crippen LogP contribution in [0.25, 0.3) is 6.08 Å². The molecule has 0 bridgehead atoms. The Morgan fingerprint density at radius 2 is 1.74 bits per heavy atom. The van der Waals surface area contributed by atoms with Gasteiger partial charge in [-0.25, -0.2) is 4.79 Å². The third-order valence-corrected chi connectivity index (χ3v) is 4.53. The molecule has 3 rings (SSSR count). The second-order valence-corrected chi connectivity index (χ2v) is 6.34. The third-order valence-electron chi connectivity index (χ3n) is 4.53. The van der Waals surface area contributed by atoms with E-state index in [-0.39, 0.29) is 12.3 Å². The lowest BCUT2D eigenvalue weighted by Crippen LogP contribution is -2.38. The van der Waals surface area contributed by atoms with Crippen LogP contribution < -0.4 is 5.32 Å². The van der Waals surface area contributed by atoms with Crippen LogP contribution in [-0.4, -0.2) is 27.8 Å². The summed E-state index contributed by atoms with van der Waals surface area (Å²) in [5, 5.41) is 12.1. The summed E-state index contributed by atoms with van der Waals surface area (Å²) in [7, 11) is 0. The molecule has 1 heterocycles. The van der Waals surface area contributed by atoms with Crippen LogP contribution in [0.1, 0.15) is 42.1 Å². The van der Waals surface area contributed by atoms with Crippen LogP contribution in [-0.2, 0) is 14.4 Å². The molecule has 0 unspecified atom stereocenters. The van der Waals surface area contributed by atoms with E-state index in [1.807, 2.05) is 30.3 Å². The van der Waals surface area contributed by atoms with E-state index in [1.54, 1.807) is 36.5 Å². The zero-order valence-corrected chi connectivity index (χ0v) is 14.8. The molecule has 6 heteroatoms. The molecule has 2 N–H and O–H groups in total. The van der Waals surface area contributed by atoms with E-state index in [2.05, 4.69) is 5.32 Å². The largest absolute Gasteiger partial charge is 0.479 e. The van der Waals surface area contributed by atoms with E-state index < -0.39 is 24.0 Å². The molecule has 1 aliphatic heterocycles. The number of hydrogen-bond donors (Lipinski definition) is 2. The van der Waals surface area contributed by atoms with Crippen molar-refractivity contribution in [2.75, 3.05) is 0 Å². The number of fused-ring (bicyclic) bond motifs is 1. The Morgan fingerprint density at radius 3 is 2.41 bits per heavy atom. The summed E-state index contributed by atoms with van der Waals surface area (Å²) in [5.74, 6) is -1.76. The van der Waals surface area contributed by atoms with Crippen LogP contribution in [0.4, 0.5) is 0 Å². The minimum absolute atomic E-state index is 0.0302. The number of aliphatic carboxylic acids is 1. The van der Waals surface area contributed by atoms with E-state index >= 15 is 0 Å². The fraction of sp³-hybridized carbons (Fsp3) is 0.190. The van der Waals surface area contributed by atoms with Crippen molar-refractivity contribution in [1.29, 1.82) is 0 Å². The quantitative estimate of drug-likeness (QED) is 0.854. The van der Waals surface area contributed by atoms with Gasteiger partial charge in [0.25, 0.3) is 0 Å². The van der Waals surface area contributed by atoms with Crippen LogP contribution in [0.15, 0.2) is 60.8 Å². The fourth-order valence-corrected chi connectivity index (χ4v) is 3.24. The summed E-state index contributed by atoms with van der Waals surface area (Å²) in [6, 6.07) is 14.4. The molecular formula is C21H20N2O4. The highest BCUT2D eigenvalue weighted by Crippen LogP contribution is 2.33. The maximum absolute atomic E-state index is 12.6. The molecule has 0 aliphatic carbocycles. The van der Waals surface area contributed by atoms with Gasteiger partial charge in [-0.1, -0.05) is 54.6 Å². The van der Waals surface area contributed by atoms with Gasteiger partial charge in [-0.2, -0.15) is 0 Å². The van der Waals surface area contributed by atoms with Crippen LogP contribution in [0.5, 0.6) is 0 Å². The number of carboxylic acid groups (broad SMARTS) is 1. The molecular weight excluding hydrogens is 344 g/mol. The van der Waals surface area contributed by atoms with E-state index in [0.717, 1.165) is 11.1 Å². The zero-order chi connectivity index (χ0) is 19.4. The average Bonchev–Trinajstić information content (AvgIpc) is 2.66. The Kier molecular flexibility index (Phi) is 5.35. The van der Waals surface area contributed by atoms with E-state index in [4.69, 9.17) is 0 Å². The number of hydrogen-bond acceptors (Lipinski definition) is 3. The monoisotopic (exact) mass is 364 g/mol. The SMILES string of the molecule is CC(=O)N1C=Cc2ccccc2[C@H]1CC(=O)N[C@H](C(=O)O)c1ccccc1. The highest BCUT2D eigenvalue weighted by atomic mass is 16.4. The molecule has 2 atom stereocenters. The molecule has 0 saturated carbocycles. The van der Waals surface area contributed by atoms with Gasteiger partial charge in [0, 0.05) is 13.1 Å². The molecule has 0 fully saturated rings. The minimum atomic E-state index is -1.14. The molecule has 0 radical (unpaired) electrons. The first kappa shape index (κ1) is 18.4. The normalized spacial score (nSPS) is 16.3. The van der Waals surface area contributed by atoms with Crippen molar-refractivity contribution < 1.29 is 19.5 Å². The summed E-state index contributed by atoms with van der Waals surface area (Å²) in [4.78, 5) is 37.8. The number of carbonyl (C=O) groups excluding carboxylic acids is 2. The van der Waals surface area contributed by atoms with Crippen molar-refractivity contribution >= 4 is 23.9 Å². The summed E-state index contributed by atoms with van der Waals surface area (Å²) >= 11 is 0. The van der Waals surface area contributed by atoms with E-state index in [0.29, 0.717) is 5.56 Å². The van der Waals surface area contributed by atoms with Gasteiger partial charge >= 0.3 is 5.97 Å². The second-order valence-electron chi connectivity index (χ2n) is 6.34. The van der Waals surface area contributed by atoms with Crippen molar-refractivity contribution in [3.05, 3.63) is 77.5 Å². The maximum Gasteiger partial charge on any atom is 0.330 e. The smallest absolute Gasteiger partial charge is 0.330 e. The molecule has 0 spiro atoms. The highest BCUT2D eigenvalue weighted by Gasteiger charge is 2.30. The number of carbonyl (C=O) groups is 3. The predicted molar refractivity (Wildman–Crippen MR) is 100 cm³/mol. The number of rotatable bonds is 5. The van der Waals surface area contributed by atoms with Crippen LogP contribution in [0.2, 0.25) is 0 Å². The van der Waals surface area contributed by atoms with Gasteiger partial charge in [0.1, 0.15) is 0 Å². The van der Waals surface area contributed by atoms with E-state index in [9.17, 15) is 19.5 Å². The van der Waals surface area contributed by atoms with Gasteiger partial charge in [-0.3, -0.25) is 9.59 Å². The predicted octanol–water partition coefficient (Wildman–Crippen LogP) is 2.89. The van der Waals surface area contributed by atoms with E-state index in [1.165, 1.54) is 11.8 Å². The number of amides is 2. The summed E-state index contributed by atoms with van der Waals surface area (Å²) < 4.78 is 0. The Bertz CT molecular complexity index is 892. The lowest BCUT2D eigenvalue weighted by Gasteiger charge is -2.32. The average molecular weight is 364 g/mol. The standard InChI is InChI=1S/C21H20N2O4/c1-14(24)23-12-11-15-7-5-6-10-17(15)18(23)13-19(25)22-20(21(26)27)16-8-3-2-4-9-16/h2-12,18,20H,13H2,1H3,(H,22,25)(H,26,27)/t18-,20+/m1/s1. The Balaban J connectivity index is 1.82. The first-order chi connectivity index (χ1) is 13.0. The Hall–Kier alpha value is -3.41. The maximum atomic E-state index is 12.6. The Morgan fingerprint density at radius 1 is 1.07 bits per heavy atom. The van der Waals surface area contributed by atoms with Crippen molar-refractivity contribution in [3.63, 3.8) is 0 Å². The van der Waals surface area contributed by atoms with Crippen LogP contribution >= 0.6 is 0 Å². The highest BCUT2D eigenvalue weighted by molar-refractivity contribution is 5.86. The van der Waals surface area contributed by atoms with Crippen molar-refractivity contribution in [2.45, 2.75) is 25.4 Å². The summed E-state index contributed by atoms with van der Waals surface area (Å²) in [5.41, 5.74) is 2.29. The van der Waals surface area contributed by atoms with Crippen LogP contribution in [0.3, 0.4) is 0 Å². The molecule has 138 valence electrons. The van der Waals surface area contributed by atoms with Crippen molar-refractivity contribution in [2.24, 2.45) is 0 Å². The number of nitrogens with zero attached hydrogens (tertiary/aromatic N) is 1. The molecule has 1 aliphatic rings. The number of nitrogens with one attached hydrogen (secondary N) is 1. The minimum Gasteiger partial charge on any atom is -0.479 e. The van der Waals surface area contributed by atoms with Gasteiger partial charge in [0.2, 0.25) is 11.8 Å². The third kappa shape index (κ3) is 4.06. The first-order valence-electron chi connectivity index (χ1n) is 8.60. The lowest BCUT2D eigenvalue weighted by molar-refractivity contribution is -0.142. The number of benzene rings is 2. The van der Waals surface area contributed by atoms with Crippen molar-refractivity contribution in [1.82, 2.24) is 10.2 Å². The molecule has 27 heavy (non-hydrogen) atoms. The van der Waals surface area contributed by atoms with Gasteiger partial charge in [-0.05, 0) is 22.8 Å². The molecule has 2 amide bonds. The molecule has 2 aromatic rings. The van der Waals surface area contributed by atoms with Gasteiger partial charge in [0.15, 0.2) is 6.04 Å².